The van der Waals surface area contributed by atoms with Gasteiger partial charge in [-0.3, -0.25) is 0 Å². The van der Waals surface area contributed by atoms with Crippen LogP contribution in [0.5, 0.6) is 0 Å². The number of nitrogens with one attached hydrogen (secondary N) is 2. The highest BCUT2D eigenvalue weighted by Gasteiger charge is 2.15. The predicted octanol–water partition coefficient (Wildman–Crippen LogP) is 3.46. The highest BCUT2D eigenvalue weighted by molar-refractivity contribution is 14.0. The summed E-state index contributed by atoms with van der Waals surface area (Å²) in [5.74, 6) is 2.31. The van der Waals surface area contributed by atoms with E-state index in [1.807, 2.05) is 12.3 Å². The lowest BCUT2D eigenvalue weighted by molar-refractivity contribution is 0.122. The minimum atomic E-state index is 0. The Labute approximate surface area is 188 Å². The molecular formula is C20H30IN5OS. The summed E-state index contributed by atoms with van der Waals surface area (Å²) in [7, 11) is 0. The van der Waals surface area contributed by atoms with Crippen LogP contribution in [0.4, 0.5) is 5.82 Å². The second kappa shape index (κ2) is 12.2. The molecule has 1 aliphatic rings. The molecule has 8 heteroatoms. The summed E-state index contributed by atoms with van der Waals surface area (Å²) in [6, 6.07) is 6.28. The van der Waals surface area contributed by atoms with E-state index >= 15 is 0 Å². The normalized spacial score (nSPS) is 15.6. The maximum Gasteiger partial charge on any atom is 0.191 e. The number of nitrogens with zero attached hydrogens (tertiary/aromatic N) is 3. The Bertz CT molecular complexity index is 719. The number of hydrogen-bond donors (Lipinski definition) is 2. The zero-order chi connectivity index (χ0) is 18.9. The van der Waals surface area contributed by atoms with Gasteiger partial charge >= 0.3 is 0 Å². The molecule has 6 nitrogen and oxygen atoms in total. The van der Waals surface area contributed by atoms with Crippen LogP contribution in [0.1, 0.15) is 30.9 Å². The monoisotopic (exact) mass is 515 g/mol. The van der Waals surface area contributed by atoms with Crippen molar-refractivity contribution in [2.45, 2.75) is 26.3 Å². The van der Waals surface area contributed by atoms with Crippen LogP contribution >= 0.6 is 35.3 Å². The number of ether oxygens (including phenoxy) is 1. The molecule has 1 fully saturated rings. The second-order valence-corrected chi connectivity index (χ2v) is 7.40. The second-order valence-electron chi connectivity index (χ2n) is 6.62. The zero-order valence-corrected chi connectivity index (χ0v) is 19.7. The van der Waals surface area contributed by atoms with E-state index in [0.717, 1.165) is 56.7 Å². The van der Waals surface area contributed by atoms with E-state index in [9.17, 15) is 0 Å². The van der Waals surface area contributed by atoms with Gasteiger partial charge in [-0.15, -0.1) is 24.0 Å². The fourth-order valence-corrected chi connectivity index (χ4v) is 3.82. The summed E-state index contributed by atoms with van der Waals surface area (Å²) >= 11 is 1.74. The van der Waals surface area contributed by atoms with Crippen LogP contribution in [0, 0.1) is 0 Å². The Balaban J connectivity index is 0.00000280. The van der Waals surface area contributed by atoms with Crippen LogP contribution in [-0.2, 0) is 11.3 Å². The molecule has 0 saturated carbocycles. The number of halogens is 1. The quantitative estimate of drug-likeness (QED) is 0.336. The molecule has 2 N–H and O–H groups in total. The molecule has 2 aromatic heterocycles. The largest absolute Gasteiger partial charge is 0.378 e. The number of pyridine rings is 1. The van der Waals surface area contributed by atoms with E-state index < -0.39 is 0 Å². The molecule has 0 amide bonds. The maximum absolute atomic E-state index is 5.46. The molecule has 1 saturated heterocycles. The third-order valence-electron chi connectivity index (χ3n) is 4.62. The van der Waals surface area contributed by atoms with E-state index in [2.05, 4.69) is 57.3 Å². The van der Waals surface area contributed by atoms with Crippen LogP contribution < -0.4 is 15.5 Å². The first-order valence-electron chi connectivity index (χ1n) is 9.58. The molecule has 0 radical (unpaired) electrons. The van der Waals surface area contributed by atoms with Crippen molar-refractivity contribution in [2.75, 3.05) is 44.3 Å². The highest BCUT2D eigenvalue weighted by atomic mass is 127. The van der Waals surface area contributed by atoms with E-state index in [0.29, 0.717) is 12.5 Å². The standard InChI is InChI=1S/C20H29N5OS.HI/c1-3-21-20(23-13-16(2)18-6-12-27-15-18)24-14-17-5-4-7-22-19(17)25-8-10-26-11-9-25;/h4-7,12,15-16H,3,8-11,13-14H2,1-2H3,(H2,21,23,24);1H. The molecule has 0 aromatic carbocycles. The lowest BCUT2D eigenvalue weighted by Gasteiger charge is -2.29. The summed E-state index contributed by atoms with van der Waals surface area (Å²) in [5, 5.41) is 11.1. The van der Waals surface area contributed by atoms with Crippen LogP contribution in [0.15, 0.2) is 40.1 Å². The summed E-state index contributed by atoms with van der Waals surface area (Å²) in [6.45, 7) is 9.87. The third-order valence-corrected chi connectivity index (χ3v) is 5.32. The number of aliphatic imine (C=N–C) groups is 1. The summed E-state index contributed by atoms with van der Waals surface area (Å²) < 4.78 is 5.46. The average molecular weight is 515 g/mol. The number of anilines is 1. The molecule has 0 spiro atoms. The fraction of sp³-hybridized carbons (Fsp3) is 0.500. The molecule has 3 heterocycles. The fourth-order valence-electron chi connectivity index (χ4n) is 3.04. The maximum atomic E-state index is 5.46. The van der Waals surface area contributed by atoms with Gasteiger partial charge in [0.15, 0.2) is 5.96 Å². The minimum Gasteiger partial charge on any atom is -0.378 e. The van der Waals surface area contributed by atoms with E-state index in [1.54, 1.807) is 11.3 Å². The molecule has 1 atom stereocenters. The van der Waals surface area contributed by atoms with Crippen LogP contribution in [0.25, 0.3) is 0 Å². The molecule has 0 bridgehead atoms. The number of hydrogen-bond acceptors (Lipinski definition) is 5. The lowest BCUT2D eigenvalue weighted by Crippen LogP contribution is -2.39. The Hall–Kier alpha value is -1.39. The minimum absolute atomic E-state index is 0. The SMILES string of the molecule is CCNC(=NCc1cccnc1N1CCOCC1)NCC(C)c1ccsc1.I. The van der Waals surface area contributed by atoms with Gasteiger partial charge in [0.2, 0.25) is 0 Å². The van der Waals surface area contributed by atoms with Crippen LogP contribution in [0.2, 0.25) is 0 Å². The van der Waals surface area contributed by atoms with Gasteiger partial charge in [0.25, 0.3) is 0 Å². The third kappa shape index (κ3) is 6.59. The van der Waals surface area contributed by atoms with Crippen molar-refractivity contribution in [3.8, 4) is 0 Å². The molecule has 0 aliphatic carbocycles. The van der Waals surface area contributed by atoms with Crippen molar-refractivity contribution in [1.82, 2.24) is 15.6 Å². The number of rotatable bonds is 7. The molecule has 154 valence electrons. The van der Waals surface area contributed by atoms with Crippen molar-refractivity contribution in [3.63, 3.8) is 0 Å². The van der Waals surface area contributed by atoms with Gasteiger partial charge in [-0.1, -0.05) is 13.0 Å². The van der Waals surface area contributed by atoms with Crippen molar-refractivity contribution >= 4 is 47.1 Å². The van der Waals surface area contributed by atoms with Gasteiger partial charge < -0.3 is 20.3 Å². The Morgan fingerprint density at radius 2 is 2.14 bits per heavy atom. The molecular weight excluding hydrogens is 485 g/mol. The Morgan fingerprint density at radius 3 is 2.86 bits per heavy atom. The predicted molar refractivity (Wildman–Crippen MR) is 128 cm³/mol. The number of morpholine rings is 1. The van der Waals surface area contributed by atoms with E-state index in [-0.39, 0.29) is 24.0 Å². The van der Waals surface area contributed by atoms with Crippen molar-refractivity contribution in [3.05, 3.63) is 46.3 Å². The first-order valence-corrected chi connectivity index (χ1v) is 10.5. The number of thiophene rings is 1. The summed E-state index contributed by atoms with van der Waals surface area (Å²) in [5.41, 5.74) is 2.51. The average Bonchev–Trinajstić information content (AvgIpc) is 3.26. The molecule has 3 rings (SSSR count). The number of aromatic nitrogens is 1. The first-order chi connectivity index (χ1) is 13.3. The van der Waals surface area contributed by atoms with Gasteiger partial charge in [0, 0.05) is 37.9 Å². The van der Waals surface area contributed by atoms with Gasteiger partial charge in [-0.05, 0) is 41.3 Å². The Kier molecular flexibility index (Phi) is 10.0. The van der Waals surface area contributed by atoms with Gasteiger partial charge in [-0.2, -0.15) is 11.3 Å². The number of guanidine groups is 1. The zero-order valence-electron chi connectivity index (χ0n) is 16.6. The highest BCUT2D eigenvalue weighted by Crippen LogP contribution is 2.19. The lowest BCUT2D eigenvalue weighted by atomic mass is 10.1. The van der Waals surface area contributed by atoms with Crippen molar-refractivity contribution in [2.24, 2.45) is 4.99 Å². The topological polar surface area (TPSA) is 61.8 Å². The summed E-state index contributed by atoms with van der Waals surface area (Å²) in [4.78, 5) is 11.7. The Morgan fingerprint density at radius 1 is 1.32 bits per heavy atom. The van der Waals surface area contributed by atoms with E-state index in [1.165, 1.54) is 5.56 Å². The molecule has 1 aliphatic heterocycles. The van der Waals surface area contributed by atoms with E-state index in [4.69, 9.17) is 9.73 Å². The smallest absolute Gasteiger partial charge is 0.191 e. The van der Waals surface area contributed by atoms with Crippen LogP contribution in [-0.4, -0.2) is 50.3 Å². The summed E-state index contributed by atoms with van der Waals surface area (Å²) in [6.07, 6.45) is 1.85. The molecule has 2 aromatic rings. The first kappa shape index (κ1) is 22.9. The van der Waals surface area contributed by atoms with Crippen molar-refractivity contribution < 1.29 is 4.74 Å². The van der Waals surface area contributed by atoms with Gasteiger partial charge in [-0.25, -0.2) is 9.98 Å². The molecule has 28 heavy (non-hydrogen) atoms. The van der Waals surface area contributed by atoms with Gasteiger partial charge in [0.05, 0.1) is 19.8 Å². The van der Waals surface area contributed by atoms with Gasteiger partial charge in [0.1, 0.15) is 5.82 Å². The van der Waals surface area contributed by atoms with Crippen molar-refractivity contribution in [1.29, 1.82) is 0 Å². The molecule has 1 unspecified atom stereocenters. The van der Waals surface area contributed by atoms with Crippen LogP contribution in [0.3, 0.4) is 0 Å².